The summed E-state index contributed by atoms with van der Waals surface area (Å²) in [6.07, 6.45) is 6.22. The molecule has 6 aliphatic rings. The topological polar surface area (TPSA) is 79.2 Å². The van der Waals surface area contributed by atoms with Crippen LogP contribution >= 0.6 is 0 Å². The van der Waals surface area contributed by atoms with E-state index in [1.54, 1.807) is 0 Å². The second-order valence-electron chi connectivity index (χ2n) is 13.4. The Labute approximate surface area is 193 Å². The Hall–Kier alpha value is -0.200. The van der Waals surface area contributed by atoms with Gasteiger partial charge in [0.2, 0.25) is 0 Å². The lowest BCUT2D eigenvalue weighted by atomic mass is 9.43. The van der Waals surface area contributed by atoms with Crippen LogP contribution in [0.1, 0.15) is 79.1 Å². The molecule has 1 spiro atoms. The van der Waals surface area contributed by atoms with E-state index < -0.39 is 12.2 Å². The van der Waals surface area contributed by atoms with Crippen LogP contribution in [0.2, 0.25) is 0 Å². The fraction of sp³-hybridized carbons (Fsp3) is 1.00. The van der Waals surface area contributed by atoms with Gasteiger partial charge in [-0.25, -0.2) is 0 Å². The van der Waals surface area contributed by atoms with Crippen molar-refractivity contribution in [3.8, 4) is 0 Å². The number of aliphatic hydroxyl groups is 3. The van der Waals surface area contributed by atoms with Gasteiger partial charge in [0.05, 0.1) is 31.0 Å². The van der Waals surface area contributed by atoms with E-state index in [1.165, 1.54) is 19.3 Å². The maximum absolute atomic E-state index is 11.3. The SMILES string of the molecule is CC1C2C(CC3C4C[C@@H](O)[C@H]5C[C@@H](O)[C@H](O)C[C@]5(C)C4CC[C@@]32C)O[C@]12CC[C@@H](C)CO2. The molecule has 6 fully saturated rings. The van der Waals surface area contributed by atoms with Gasteiger partial charge >= 0.3 is 0 Å². The van der Waals surface area contributed by atoms with Crippen LogP contribution in [-0.4, -0.2) is 52.1 Å². The first-order valence-corrected chi connectivity index (χ1v) is 13.4. The standard InChI is InChI=1S/C27H44O5/c1-14-5-8-27(31-13-14)15(2)24-23(32-27)11-18-16-9-20(28)19-10-21(29)22(30)12-26(19,4)17(16)6-7-25(18,24)3/h14-24,28-30H,5-13H2,1-4H3/t14-,15?,16?,17?,18?,19-,20-,21-,22-,23?,24?,25+,26-,27-/m1/s1. The van der Waals surface area contributed by atoms with Crippen molar-refractivity contribution in [2.45, 2.75) is 109 Å². The lowest BCUT2D eigenvalue weighted by molar-refractivity contribution is -0.273. The van der Waals surface area contributed by atoms with Gasteiger partial charge in [-0.05, 0) is 91.3 Å². The van der Waals surface area contributed by atoms with Crippen LogP contribution in [0.4, 0.5) is 0 Å². The summed E-state index contributed by atoms with van der Waals surface area (Å²) < 4.78 is 13.3. The molecule has 182 valence electrons. The monoisotopic (exact) mass is 448 g/mol. The molecule has 32 heavy (non-hydrogen) atoms. The fourth-order valence-electron chi connectivity index (χ4n) is 10.3. The van der Waals surface area contributed by atoms with Crippen molar-refractivity contribution in [2.24, 2.45) is 52.3 Å². The van der Waals surface area contributed by atoms with Crippen molar-refractivity contribution < 1.29 is 24.8 Å². The predicted molar refractivity (Wildman–Crippen MR) is 121 cm³/mol. The highest BCUT2D eigenvalue weighted by atomic mass is 16.7. The maximum atomic E-state index is 11.3. The molecular weight excluding hydrogens is 404 g/mol. The minimum atomic E-state index is -0.692. The first-order valence-electron chi connectivity index (χ1n) is 13.4. The summed E-state index contributed by atoms with van der Waals surface area (Å²) in [7, 11) is 0. The van der Waals surface area contributed by atoms with Crippen molar-refractivity contribution in [1.82, 2.24) is 0 Å². The third-order valence-electron chi connectivity index (χ3n) is 12.0. The van der Waals surface area contributed by atoms with Gasteiger partial charge in [0.25, 0.3) is 0 Å². The summed E-state index contributed by atoms with van der Waals surface area (Å²) in [6, 6.07) is 0. The molecule has 0 aromatic rings. The molecule has 0 bridgehead atoms. The van der Waals surface area contributed by atoms with Gasteiger partial charge in [0, 0.05) is 12.3 Å². The van der Waals surface area contributed by atoms with Crippen LogP contribution < -0.4 is 0 Å². The highest BCUT2D eigenvalue weighted by Gasteiger charge is 2.70. The van der Waals surface area contributed by atoms with Crippen LogP contribution in [0.5, 0.6) is 0 Å². The Morgan fingerprint density at radius 1 is 0.781 bits per heavy atom. The molecule has 4 saturated carbocycles. The van der Waals surface area contributed by atoms with E-state index in [1.807, 2.05) is 0 Å². The molecule has 2 heterocycles. The number of hydrogen-bond acceptors (Lipinski definition) is 5. The highest BCUT2D eigenvalue weighted by Crippen LogP contribution is 2.71. The molecule has 0 radical (unpaired) electrons. The smallest absolute Gasteiger partial charge is 0.171 e. The first-order chi connectivity index (χ1) is 15.1. The number of rotatable bonds is 0. The summed E-state index contributed by atoms with van der Waals surface area (Å²) in [5.41, 5.74) is 0.146. The fourth-order valence-corrected chi connectivity index (χ4v) is 10.3. The Kier molecular flexibility index (Phi) is 4.99. The second kappa shape index (κ2) is 7.16. The normalized spacial score (nSPS) is 64.0. The van der Waals surface area contributed by atoms with Crippen LogP contribution in [0.15, 0.2) is 0 Å². The largest absolute Gasteiger partial charge is 0.393 e. The van der Waals surface area contributed by atoms with Crippen LogP contribution in [0.3, 0.4) is 0 Å². The molecule has 0 aromatic carbocycles. The van der Waals surface area contributed by atoms with E-state index in [9.17, 15) is 15.3 Å². The zero-order valence-electron chi connectivity index (χ0n) is 20.4. The number of hydrogen-bond donors (Lipinski definition) is 3. The summed E-state index contributed by atoms with van der Waals surface area (Å²) >= 11 is 0. The van der Waals surface area contributed by atoms with Crippen molar-refractivity contribution in [3.05, 3.63) is 0 Å². The van der Waals surface area contributed by atoms with Gasteiger partial charge in [-0.3, -0.25) is 0 Å². The van der Waals surface area contributed by atoms with Gasteiger partial charge < -0.3 is 24.8 Å². The molecule has 14 atom stereocenters. The Morgan fingerprint density at radius 2 is 1.56 bits per heavy atom. The quantitative estimate of drug-likeness (QED) is 0.526. The summed E-state index contributed by atoms with van der Waals surface area (Å²) in [5.74, 6) is 2.86. The molecule has 3 N–H and O–H groups in total. The van der Waals surface area contributed by atoms with Crippen molar-refractivity contribution in [2.75, 3.05) is 6.61 Å². The second-order valence-corrected chi connectivity index (χ2v) is 13.4. The van der Waals surface area contributed by atoms with E-state index >= 15 is 0 Å². The Morgan fingerprint density at radius 3 is 2.28 bits per heavy atom. The first kappa shape index (κ1) is 22.3. The summed E-state index contributed by atoms with van der Waals surface area (Å²) in [6.45, 7) is 10.3. The third-order valence-corrected chi connectivity index (χ3v) is 12.0. The molecule has 2 saturated heterocycles. The number of ether oxygens (including phenoxy) is 2. The maximum Gasteiger partial charge on any atom is 0.171 e. The molecule has 5 heteroatoms. The average Bonchev–Trinajstić information content (AvgIpc) is 3.18. The highest BCUT2D eigenvalue weighted by molar-refractivity contribution is 5.16. The number of fused-ring (bicyclic) bond motifs is 7. The third kappa shape index (κ3) is 2.81. The van der Waals surface area contributed by atoms with Crippen LogP contribution in [0, 0.1) is 52.3 Å². The zero-order valence-corrected chi connectivity index (χ0v) is 20.4. The van der Waals surface area contributed by atoms with Crippen molar-refractivity contribution >= 4 is 0 Å². The molecular formula is C27H44O5. The van der Waals surface area contributed by atoms with E-state index in [4.69, 9.17) is 9.47 Å². The van der Waals surface area contributed by atoms with Crippen molar-refractivity contribution in [3.63, 3.8) is 0 Å². The van der Waals surface area contributed by atoms with Crippen molar-refractivity contribution in [1.29, 1.82) is 0 Å². The number of aliphatic hydroxyl groups excluding tert-OH is 3. The molecule has 6 rings (SSSR count). The molecule has 2 aliphatic heterocycles. The van der Waals surface area contributed by atoms with Gasteiger partial charge in [-0.1, -0.05) is 27.7 Å². The average molecular weight is 449 g/mol. The van der Waals surface area contributed by atoms with Gasteiger partial charge in [0.1, 0.15) is 0 Å². The molecule has 4 aliphatic carbocycles. The minimum absolute atomic E-state index is 0.0870. The van der Waals surface area contributed by atoms with Gasteiger partial charge in [0.15, 0.2) is 5.79 Å². The lowest BCUT2D eigenvalue weighted by Crippen LogP contribution is -2.61. The Bertz CT molecular complexity index is 748. The molecule has 0 aromatic heterocycles. The van der Waals surface area contributed by atoms with E-state index in [-0.39, 0.29) is 34.7 Å². The van der Waals surface area contributed by atoms with Crippen LogP contribution in [0.25, 0.3) is 0 Å². The zero-order chi connectivity index (χ0) is 22.6. The predicted octanol–water partition coefficient (Wildman–Crippen LogP) is 3.74. The lowest BCUT2D eigenvalue weighted by Gasteiger charge is -2.62. The Balaban J connectivity index is 1.28. The van der Waals surface area contributed by atoms with E-state index in [2.05, 4.69) is 27.7 Å². The van der Waals surface area contributed by atoms with E-state index in [0.29, 0.717) is 48.3 Å². The van der Waals surface area contributed by atoms with Gasteiger partial charge in [-0.15, -0.1) is 0 Å². The molecule has 6 unspecified atom stereocenters. The summed E-state index contributed by atoms with van der Waals surface area (Å²) in [5, 5.41) is 32.1. The molecule has 0 amide bonds. The molecule has 5 nitrogen and oxygen atoms in total. The van der Waals surface area contributed by atoms with E-state index in [0.717, 1.165) is 25.9 Å². The minimum Gasteiger partial charge on any atom is -0.393 e. The van der Waals surface area contributed by atoms with Gasteiger partial charge in [-0.2, -0.15) is 0 Å². The summed E-state index contributed by atoms with van der Waals surface area (Å²) in [4.78, 5) is 0. The van der Waals surface area contributed by atoms with Crippen LogP contribution in [-0.2, 0) is 9.47 Å².